The number of nitrogens with zero attached hydrogens (tertiary/aromatic N) is 3. The number of urea groups is 1. The van der Waals surface area contributed by atoms with E-state index in [2.05, 4.69) is 5.32 Å². The van der Waals surface area contributed by atoms with E-state index >= 15 is 0 Å². The first-order valence-electron chi connectivity index (χ1n) is 10.8. The van der Waals surface area contributed by atoms with Crippen molar-refractivity contribution in [2.75, 3.05) is 45.2 Å². The average Bonchev–Trinajstić information content (AvgIpc) is 2.97. The topological polar surface area (TPSA) is 116 Å². The average molecular weight is 465 g/mol. The van der Waals surface area contributed by atoms with E-state index in [0.29, 0.717) is 44.8 Å². The van der Waals surface area contributed by atoms with Gasteiger partial charge in [-0.1, -0.05) is 19.3 Å². The second-order valence-electron chi connectivity index (χ2n) is 8.41. The number of hydrogen-bond donors (Lipinski definition) is 1. The van der Waals surface area contributed by atoms with E-state index in [0.717, 1.165) is 24.2 Å². The molecule has 1 aromatic carbocycles. The maximum absolute atomic E-state index is 13.0. The number of sulfonamides is 1. The highest BCUT2D eigenvalue weighted by Crippen LogP contribution is 2.39. The molecule has 0 unspecified atom stereocenters. The Bertz CT molecular complexity index is 998. The van der Waals surface area contributed by atoms with Crippen molar-refractivity contribution in [3.05, 3.63) is 24.3 Å². The van der Waals surface area contributed by atoms with Gasteiger partial charge in [-0.3, -0.25) is 14.5 Å². The van der Waals surface area contributed by atoms with Crippen molar-refractivity contribution in [3.63, 3.8) is 0 Å². The summed E-state index contributed by atoms with van der Waals surface area (Å²) >= 11 is 0. The minimum absolute atomic E-state index is 0.128. The molecule has 174 valence electrons. The van der Waals surface area contributed by atoms with Gasteiger partial charge < -0.3 is 15.0 Å². The molecule has 1 N–H and O–H groups in total. The van der Waals surface area contributed by atoms with E-state index in [1.807, 2.05) is 0 Å². The number of nitrogens with one attached hydrogen (secondary N) is 1. The molecule has 0 bridgehead atoms. The van der Waals surface area contributed by atoms with E-state index in [-0.39, 0.29) is 17.3 Å². The SMILES string of the molecule is CN1C(=O)N(CC(=O)Nc2ccc(S(=O)(=O)N3CCOCC3)cc2)C(=O)C12CCCCC2. The van der Waals surface area contributed by atoms with E-state index < -0.39 is 27.5 Å². The number of amides is 4. The molecule has 3 fully saturated rings. The van der Waals surface area contributed by atoms with Gasteiger partial charge in [-0.2, -0.15) is 4.31 Å². The summed E-state index contributed by atoms with van der Waals surface area (Å²) in [5.74, 6) is -0.830. The minimum Gasteiger partial charge on any atom is -0.379 e. The molecule has 1 aliphatic carbocycles. The Morgan fingerprint density at radius 2 is 1.69 bits per heavy atom. The van der Waals surface area contributed by atoms with Crippen LogP contribution in [0.15, 0.2) is 29.2 Å². The molecular weight excluding hydrogens is 436 g/mol. The van der Waals surface area contributed by atoms with Gasteiger partial charge in [0.1, 0.15) is 12.1 Å². The van der Waals surface area contributed by atoms with Crippen LogP contribution in [0.3, 0.4) is 0 Å². The number of likely N-dealkylation sites (N-methyl/N-ethyl adjacent to an activating group) is 1. The highest BCUT2D eigenvalue weighted by Gasteiger charge is 2.55. The third kappa shape index (κ3) is 4.00. The molecule has 1 spiro atoms. The van der Waals surface area contributed by atoms with Crippen LogP contribution in [0.25, 0.3) is 0 Å². The van der Waals surface area contributed by atoms with Crippen molar-refractivity contribution in [1.82, 2.24) is 14.1 Å². The van der Waals surface area contributed by atoms with Crippen LogP contribution in [0.2, 0.25) is 0 Å². The fourth-order valence-corrected chi connectivity index (χ4v) is 6.07. The minimum atomic E-state index is -3.62. The number of carbonyl (C=O) groups is 3. The van der Waals surface area contributed by atoms with Crippen LogP contribution in [0.4, 0.5) is 10.5 Å². The predicted octanol–water partition coefficient (Wildman–Crippen LogP) is 1.24. The molecule has 2 saturated heterocycles. The maximum atomic E-state index is 13.0. The largest absolute Gasteiger partial charge is 0.379 e. The number of hydrogen-bond acceptors (Lipinski definition) is 6. The van der Waals surface area contributed by atoms with Gasteiger partial charge in [0.25, 0.3) is 5.91 Å². The van der Waals surface area contributed by atoms with Gasteiger partial charge in [-0.15, -0.1) is 0 Å². The first-order valence-corrected chi connectivity index (χ1v) is 12.3. The van der Waals surface area contributed by atoms with Crippen molar-refractivity contribution in [2.24, 2.45) is 0 Å². The Morgan fingerprint density at radius 1 is 1.06 bits per heavy atom. The highest BCUT2D eigenvalue weighted by molar-refractivity contribution is 7.89. The lowest BCUT2D eigenvalue weighted by Crippen LogP contribution is -2.49. The fourth-order valence-electron chi connectivity index (χ4n) is 4.66. The van der Waals surface area contributed by atoms with Gasteiger partial charge >= 0.3 is 6.03 Å². The smallest absolute Gasteiger partial charge is 0.327 e. The van der Waals surface area contributed by atoms with E-state index in [1.54, 1.807) is 7.05 Å². The number of benzene rings is 1. The zero-order chi connectivity index (χ0) is 22.9. The quantitative estimate of drug-likeness (QED) is 0.656. The first-order chi connectivity index (χ1) is 15.3. The van der Waals surface area contributed by atoms with Crippen LogP contribution in [0.1, 0.15) is 32.1 Å². The van der Waals surface area contributed by atoms with E-state index in [4.69, 9.17) is 4.74 Å². The molecule has 4 amide bonds. The summed E-state index contributed by atoms with van der Waals surface area (Å²) < 4.78 is 32.0. The zero-order valence-corrected chi connectivity index (χ0v) is 18.9. The number of morpholine rings is 1. The predicted molar refractivity (Wildman–Crippen MR) is 115 cm³/mol. The van der Waals surface area contributed by atoms with Gasteiger partial charge in [0, 0.05) is 25.8 Å². The molecule has 3 aliphatic rings. The van der Waals surface area contributed by atoms with Crippen LogP contribution in [0, 0.1) is 0 Å². The Kier molecular flexibility index (Phi) is 6.24. The second kappa shape index (κ2) is 8.80. The summed E-state index contributed by atoms with van der Waals surface area (Å²) in [5.41, 5.74) is -0.443. The normalized spacial score (nSPS) is 21.9. The van der Waals surface area contributed by atoms with Crippen LogP contribution >= 0.6 is 0 Å². The Morgan fingerprint density at radius 3 is 2.31 bits per heavy atom. The van der Waals surface area contributed by atoms with Gasteiger partial charge in [-0.25, -0.2) is 13.2 Å². The summed E-state index contributed by atoms with van der Waals surface area (Å²) in [6, 6.07) is 5.38. The van der Waals surface area contributed by atoms with Crippen molar-refractivity contribution >= 4 is 33.6 Å². The molecule has 11 heteroatoms. The van der Waals surface area contributed by atoms with Gasteiger partial charge in [0.2, 0.25) is 15.9 Å². The molecule has 0 radical (unpaired) electrons. The number of rotatable bonds is 5. The van der Waals surface area contributed by atoms with Crippen LogP contribution in [0.5, 0.6) is 0 Å². The first kappa shape index (κ1) is 22.7. The molecule has 32 heavy (non-hydrogen) atoms. The molecular formula is C21H28N4O6S. The van der Waals surface area contributed by atoms with Gasteiger partial charge in [-0.05, 0) is 37.1 Å². The molecule has 0 atom stereocenters. The van der Waals surface area contributed by atoms with Crippen molar-refractivity contribution < 1.29 is 27.5 Å². The third-order valence-electron chi connectivity index (χ3n) is 6.53. The van der Waals surface area contributed by atoms with E-state index in [1.165, 1.54) is 33.5 Å². The molecule has 1 aromatic rings. The van der Waals surface area contributed by atoms with Crippen LogP contribution in [-0.2, 0) is 24.3 Å². The molecule has 2 heterocycles. The second-order valence-corrected chi connectivity index (χ2v) is 10.4. The lowest BCUT2D eigenvalue weighted by Gasteiger charge is -2.35. The molecule has 4 rings (SSSR count). The number of carbonyl (C=O) groups excluding carboxylic acids is 3. The third-order valence-corrected chi connectivity index (χ3v) is 8.44. The Labute approximate surface area is 187 Å². The summed E-state index contributed by atoms with van der Waals surface area (Å²) in [6.07, 6.45) is 4.03. The maximum Gasteiger partial charge on any atom is 0.327 e. The fraction of sp³-hybridized carbons (Fsp3) is 0.571. The monoisotopic (exact) mass is 464 g/mol. The summed E-state index contributed by atoms with van der Waals surface area (Å²) in [6.45, 7) is 0.941. The van der Waals surface area contributed by atoms with Crippen molar-refractivity contribution in [2.45, 2.75) is 42.5 Å². The number of imide groups is 1. The molecule has 10 nitrogen and oxygen atoms in total. The molecule has 0 aromatic heterocycles. The summed E-state index contributed by atoms with van der Waals surface area (Å²) in [4.78, 5) is 40.8. The van der Waals surface area contributed by atoms with Crippen molar-refractivity contribution in [3.8, 4) is 0 Å². The van der Waals surface area contributed by atoms with Crippen LogP contribution in [-0.4, -0.2) is 85.8 Å². The van der Waals surface area contributed by atoms with E-state index in [9.17, 15) is 22.8 Å². The lowest BCUT2D eigenvalue weighted by molar-refractivity contribution is -0.136. The lowest BCUT2D eigenvalue weighted by atomic mass is 9.81. The van der Waals surface area contributed by atoms with Gasteiger partial charge in [0.15, 0.2) is 0 Å². The van der Waals surface area contributed by atoms with Crippen LogP contribution < -0.4 is 5.32 Å². The molecule has 1 saturated carbocycles. The summed E-state index contributed by atoms with van der Waals surface area (Å²) in [5, 5.41) is 2.64. The standard InChI is InChI=1S/C21H28N4O6S/c1-23-20(28)25(19(27)21(23)9-3-2-4-10-21)15-18(26)22-16-5-7-17(8-6-16)32(29,30)24-11-13-31-14-12-24/h5-8H,2-4,9-15H2,1H3,(H,22,26). The van der Waals surface area contributed by atoms with Gasteiger partial charge in [0.05, 0.1) is 18.1 Å². The Hall–Kier alpha value is -2.50. The summed E-state index contributed by atoms with van der Waals surface area (Å²) in [7, 11) is -2.00. The Balaban J connectivity index is 1.40. The molecule has 2 aliphatic heterocycles. The zero-order valence-electron chi connectivity index (χ0n) is 18.1. The van der Waals surface area contributed by atoms with Crippen molar-refractivity contribution in [1.29, 1.82) is 0 Å². The highest BCUT2D eigenvalue weighted by atomic mass is 32.2. The number of anilines is 1. The number of ether oxygens (including phenoxy) is 1.